The molecule has 2 aromatic heterocycles. The summed E-state index contributed by atoms with van der Waals surface area (Å²) in [6.07, 6.45) is 0.189. The summed E-state index contributed by atoms with van der Waals surface area (Å²) >= 11 is 1.27. The Morgan fingerprint density at radius 2 is 1.64 bits per heavy atom. The number of aromatic amines is 2. The fourth-order valence-corrected chi connectivity index (χ4v) is 4.94. The maximum atomic E-state index is 12.8. The molecule has 9 nitrogen and oxygen atoms in total. The van der Waals surface area contributed by atoms with Gasteiger partial charge in [-0.25, -0.2) is 4.79 Å². The van der Waals surface area contributed by atoms with Crippen molar-refractivity contribution >= 4 is 23.4 Å². The summed E-state index contributed by atoms with van der Waals surface area (Å²) in [7, 11) is 0. The Hall–Kier alpha value is -3.92. The van der Waals surface area contributed by atoms with E-state index >= 15 is 0 Å². The van der Waals surface area contributed by atoms with Gasteiger partial charge in [0, 0.05) is 23.9 Å². The van der Waals surface area contributed by atoms with Crippen LogP contribution in [0.5, 0.6) is 0 Å². The molecule has 0 aliphatic carbocycles. The minimum absolute atomic E-state index is 0.136. The first kappa shape index (κ1) is 25.2. The zero-order chi connectivity index (χ0) is 26.0. The zero-order valence-corrected chi connectivity index (χ0v) is 21.7. The van der Waals surface area contributed by atoms with E-state index in [2.05, 4.69) is 25.5 Å². The Bertz CT molecular complexity index is 1520. The van der Waals surface area contributed by atoms with Gasteiger partial charge in [0.1, 0.15) is 5.82 Å². The second-order valence-corrected chi connectivity index (χ2v) is 9.87. The molecule has 0 unspecified atom stereocenters. The summed E-state index contributed by atoms with van der Waals surface area (Å²) in [5.74, 6) is 0.529. The van der Waals surface area contributed by atoms with Crippen LogP contribution in [0.15, 0.2) is 51.1 Å². The van der Waals surface area contributed by atoms with Crippen molar-refractivity contribution in [2.45, 2.75) is 46.2 Å². The summed E-state index contributed by atoms with van der Waals surface area (Å²) < 4.78 is 1.88. The molecule has 0 saturated heterocycles. The number of anilines is 1. The van der Waals surface area contributed by atoms with Gasteiger partial charge in [-0.1, -0.05) is 41.6 Å². The second-order valence-electron chi connectivity index (χ2n) is 8.92. The fraction of sp³-hybridized carbons (Fsp3) is 0.269. The maximum Gasteiger partial charge on any atom is 0.325 e. The lowest BCUT2D eigenvalue weighted by Crippen LogP contribution is -2.23. The number of H-pyrrole nitrogens is 2. The minimum atomic E-state index is -0.580. The number of aryl methyl sites for hydroxylation is 5. The molecule has 0 spiro atoms. The van der Waals surface area contributed by atoms with Gasteiger partial charge in [0.05, 0.1) is 11.4 Å². The Morgan fingerprint density at radius 1 is 0.917 bits per heavy atom. The van der Waals surface area contributed by atoms with E-state index in [4.69, 9.17) is 0 Å². The first-order valence-corrected chi connectivity index (χ1v) is 12.4. The number of rotatable bonds is 7. The van der Waals surface area contributed by atoms with Crippen molar-refractivity contribution in [2.24, 2.45) is 0 Å². The van der Waals surface area contributed by atoms with Gasteiger partial charge in [0.2, 0.25) is 5.91 Å². The molecular weight excluding hydrogens is 476 g/mol. The first-order valence-electron chi connectivity index (χ1n) is 11.5. The quantitative estimate of drug-likeness (QED) is 0.331. The molecule has 0 radical (unpaired) electrons. The van der Waals surface area contributed by atoms with Crippen LogP contribution in [-0.2, 0) is 11.2 Å². The van der Waals surface area contributed by atoms with Gasteiger partial charge in [-0.2, -0.15) is 0 Å². The predicted octanol–water partition coefficient (Wildman–Crippen LogP) is 3.51. The Morgan fingerprint density at radius 3 is 2.33 bits per heavy atom. The number of thioether (sulfide) groups is 1. The number of carbonyl (C=O) groups excluding carboxylic acids is 1. The standard InChI is InChI=1S/C26H28N6O3S/c1-14-6-7-16(3)20(10-14)32-21(11-19-12-22(33)29-25(35)27-19)30-31-26(32)36-13-23(34)28-24-17(4)8-15(2)9-18(24)5/h6-10,12H,11,13H2,1-5H3,(H,28,34)(H2,27,29,33,35). The lowest BCUT2D eigenvalue weighted by Gasteiger charge is -2.15. The molecule has 0 atom stereocenters. The third-order valence-corrected chi connectivity index (χ3v) is 6.67. The smallest absolute Gasteiger partial charge is 0.325 e. The average molecular weight is 505 g/mol. The largest absolute Gasteiger partial charge is 0.325 e. The van der Waals surface area contributed by atoms with Crippen molar-refractivity contribution in [1.29, 1.82) is 0 Å². The molecule has 2 aromatic carbocycles. The number of amides is 1. The van der Waals surface area contributed by atoms with Gasteiger partial charge in [-0.3, -0.25) is 19.1 Å². The van der Waals surface area contributed by atoms with Crippen LogP contribution >= 0.6 is 11.8 Å². The van der Waals surface area contributed by atoms with Gasteiger partial charge in [-0.15, -0.1) is 10.2 Å². The highest BCUT2D eigenvalue weighted by molar-refractivity contribution is 7.99. The second kappa shape index (κ2) is 10.4. The van der Waals surface area contributed by atoms with Crippen molar-refractivity contribution in [3.8, 4) is 5.69 Å². The van der Waals surface area contributed by atoms with E-state index < -0.39 is 11.2 Å². The monoisotopic (exact) mass is 504 g/mol. The molecule has 1 amide bonds. The normalized spacial score (nSPS) is 11.0. The minimum Gasteiger partial charge on any atom is -0.325 e. The third-order valence-electron chi connectivity index (χ3n) is 5.74. The molecule has 2 heterocycles. The van der Waals surface area contributed by atoms with Gasteiger partial charge >= 0.3 is 5.69 Å². The van der Waals surface area contributed by atoms with E-state index in [0.29, 0.717) is 16.7 Å². The molecule has 36 heavy (non-hydrogen) atoms. The third kappa shape index (κ3) is 5.65. The van der Waals surface area contributed by atoms with E-state index in [9.17, 15) is 14.4 Å². The molecular formula is C26H28N6O3S. The van der Waals surface area contributed by atoms with E-state index in [1.807, 2.05) is 69.5 Å². The van der Waals surface area contributed by atoms with Crippen molar-refractivity contribution in [2.75, 3.05) is 11.1 Å². The molecule has 0 saturated carbocycles. The summed E-state index contributed by atoms with van der Waals surface area (Å²) in [5.41, 5.74) is 6.27. The molecule has 4 aromatic rings. The molecule has 10 heteroatoms. The molecule has 0 aliphatic heterocycles. The van der Waals surface area contributed by atoms with Crippen LogP contribution in [0.1, 0.15) is 39.3 Å². The Balaban J connectivity index is 1.64. The molecule has 0 aliphatic rings. The summed E-state index contributed by atoms with van der Waals surface area (Å²) in [4.78, 5) is 41.2. The fourth-order valence-electron chi connectivity index (χ4n) is 4.18. The van der Waals surface area contributed by atoms with Gasteiger partial charge in [0.15, 0.2) is 5.16 Å². The van der Waals surface area contributed by atoms with Crippen molar-refractivity contribution < 1.29 is 4.79 Å². The molecule has 4 rings (SSSR count). The number of nitrogens with zero attached hydrogens (tertiary/aromatic N) is 3. The number of aromatic nitrogens is 5. The maximum absolute atomic E-state index is 12.8. The number of carbonyl (C=O) groups is 1. The van der Waals surface area contributed by atoms with E-state index in [1.54, 1.807) is 0 Å². The molecule has 3 N–H and O–H groups in total. The zero-order valence-electron chi connectivity index (χ0n) is 20.9. The lowest BCUT2D eigenvalue weighted by molar-refractivity contribution is -0.113. The van der Waals surface area contributed by atoms with Crippen LogP contribution in [0.25, 0.3) is 5.69 Å². The molecule has 0 fully saturated rings. The molecule has 186 valence electrons. The topological polar surface area (TPSA) is 126 Å². The van der Waals surface area contributed by atoms with E-state index in [-0.39, 0.29) is 18.1 Å². The number of nitrogens with one attached hydrogen (secondary N) is 3. The highest BCUT2D eigenvalue weighted by atomic mass is 32.2. The summed E-state index contributed by atoms with van der Waals surface area (Å²) in [6, 6.07) is 11.5. The van der Waals surface area contributed by atoms with Gasteiger partial charge < -0.3 is 10.3 Å². The lowest BCUT2D eigenvalue weighted by atomic mass is 10.1. The van der Waals surface area contributed by atoms with Gasteiger partial charge in [0.25, 0.3) is 5.56 Å². The predicted molar refractivity (Wildman–Crippen MR) is 141 cm³/mol. The van der Waals surface area contributed by atoms with Crippen LogP contribution in [0.2, 0.25) is 0 Å². The SMILES string of the molecule is Cc1cc(C)c(NC(=O)CSc2nnc(Cc3cc(=O)[nH]c(=O)[nH]3)n2-c2cc(C)ccc2C)c(C)c1. The average Bonchev–Trinajstić information content (AvgIpc) is 3.17. The van der Waals surface area contributed by atoms with Crippen LogP contribution in [0, 0.1) is 34.6 Å². The van der Waals surface area contributed by atoms with Crippen molar-refractivity contribution in [3.63, 3.8) is 0 Å². The number of benzene rings is 2. The first-order chi connectivity index (χ1) is 17.1. The summed E-state index contributed by atoms with van der Waals surface area (Å²) in [5, 5.41) is 12.3. The van der Waals surface area contributed by atoms with E-state index in [1.165, 1.54) is 17.8 Å². The summed E-state index contributed by atoms with van der Waals surface area (Å²) in [6.45, 7) is 9.96. The van der Waals surface area contributed by atoms with Crippen LogP contribution in [-0.4, -0.2) is 36.4 Å². The van der Waals surface area contributed by atoms with Crippen LogP contribution in [0.4, 0.5) is 5.69 Å². The highest BCUT2D eigenvalue weighted by Crippen LogP contribution is 2.27. The number of hydrogen-bond acceptors (Lipinski definition) is 6. The van der Waals surface area contributed by atoms with Crippen LogP contribution < -0.4 is 16.6 Å². The van der Waals surface area contributed by atoms with Crippen LogP contribution in [0.3, 0.4) is 0 Å². The number of hydrogen-bond donors (Lipinski definition) is 3. The highest BCUT2D eigenvalue weighted by Gasteiger charge is 2.19. The Kier molecular flexibility index (Phi) is 7.25. The van der Waals surface area contributed by atoms with Crippen molar-refractivity contribution in [1.82, 2.24) is 24.7 Å². The Labute approximate surface area is 212 Å². The van der Waals surface area contributed by atoms with Gasteiger partial charge in [-0.05, 0) is 62.9 Å². The molecule has 0 bridgehead atoms. The van der Waals surface area contributed by atoms with E-state index in [0.717, 1.165) is 39.2 Å². The van der Waals surface area contributed by atoms with Crippen molar-refractivity contribution in [3.05, 3.63) is 96.6 Å².